The van der Waals surface area contributed by atoms with Crippen LogP contribution in [0.3, 0.4) is 0 Å². The molecule has 0 amide bonds. The summed E-state index contributed by atoms with van der Waals surface area (Å²) in [7, 11) is 0. The normalized spacial score (nSPS) is 17.8. The molecule has 0 unspecified atom stereocenters. The first-order chi connectivity index (χ1) is 9.88. The summed E-state index contributed by atoms with van der Waals surface area (Å²) >= 11 is 0. The number of rotatable bonds is 5. The zero-order valence-corrected chi connectivity index (χ0v) is 11.9. The Bertz CT molecular complexity index is 547. The van der Waals surface area contributed by atoms with Gasteiger partial charge in [0.1, 0.15) is 5.75 Å². The molecule has 20 heavy (non-hydrogen) atoms. The number of ether oxygens (including phenoxy) is 1. The van der Waals surface area contributed by atoms with Crippen LogP contribution >= 0.6 is 0 Å². The highest BCUT2D eigenvalue weighted by atomic mass is 16.5. The van der Waals surface area contributed by atoms with Gasteiger partial charge in [0.15, 0.2) is 0 Å². The summed E-state index contributed by atoms with van der Waals surface area (Å²) in [6, 6.07) is 8.54. The maximum absolute atomic E-state index is 5.70. The second-order valence-corrected chi connectivity index (χ2v) is 5.17. The molecule has 2 heterocycles. The van der Waals surface area contributed by atoms with Gasteiger partial charge in [-0.2, -0.15) is 0 Å². The number of aromatic amines is 1. The van der Waals surface area contributed by atoms with Crippen molar-refractivity contribution in [1.82, 2.24) is 15.3 Å². The van der Waals surface area contributed by atoms with Crippen molar-refractivity contribution in [3.63, 3.8) is 0 Å². The highest BCUT2D eigenvalue weighted by Gasteiger charge is 2.23. The summed E-state index contributed by atoms with van der Waals surface area (Å²) in [4.78, 5) is 7.68. The van der Waals surface area contributed by atoms with Gasteiger partial charge in [-0.25, -0.2) is 4.98 Å². The molecule has 4 nitrogen and oxygen atoms in total. The minimum atomic E-state index is 0.190. The summed E-state index contributed by atoms with van der Waals surface area (Å²) in [6.07, 6.45) is 5.06. The molecule has 0 saturated heterocycles. The molecule has 3 rings (SSSR count). The number of unbranched alkanes of at least 4 members (excludes halogenated alkanes) is 1. The summed E-state index contributed by atoms with van der Waals surface area (Å²) in [5, 5.41) is 3.53. The number of fused-ring (bicyclic) bond motifs is 1. The van der Waals surface area contributed by atoms with Gasteiger partial charge in [-0.05, 0) is 24.1 Å². The van der Waals surface area contributed by atoms with Crippen LogP contribution in [0.4, 0.5) is 0 Å². The average molecular weight is 271 g/mol. The fourth-order valence-electron chi connectivity index (χ4n) is 2.59. The number of nitrogens with zero attached hydrogens (tertiary/aromatic N) is 1. The number of hydrogen-bond donors (Lipinski definition) is 2. The Labute approximate surface area is 119 Å². The molecule has 0 spiro atoms. The Hall–Kier alpha value is -1.81. The van der Waals surface area contributed by atoms with Crippen LogP contribution in [0.1, 0.15) is 42.8 Å². The molecule has 0 aliphatic carbocycles. The minimum Gasteiger partial charge on any atom is -0.494 e. The summed E-state index contributed by atoms with van der Waals surface area (Å²) in [6.45, 7) is 3.94. The molecule has 106 valence electrons. The van der Waals surface area contributed by atoms with Crippen LogP contribution in [0.15, 0.2) is 30.6 Å². The van der Waals surface area contributed by atoms with E-state index in [0.717, 1.165) is 43.9 Å². The van der Waals surface area contributed by atoms with Crippen molar-refractivity contribution in [3.8, 4) is 5.75 Å². The largest absolute Gasteiger partial charge is 0.494 e. The summed E-state index contributed by atoms with van der Waals surface area (Å²) in [5.74, 6) is 0.945. The van der Waals surface area contributed by atoms with E-state index in [1.807, 2.05) is 12.1 Å². The van der Waals surface area contributed by atoms with E-state index in [1.165, 1.54) is 11.3 Å². The van der Waals surface area contributed by atoms with Crippen LogP contribution in [-0.4, -0.2) is 23.1 Å². The lowest BCUT2D eigenvalue weighted by molar-refractivity contribution is 0.309. The highest BCUT2D eigenvalue weighted by Crippen LogP contribution is 2.27. The molecule has 0 fully saturated rings. The Kier molecular flexibility index (Phi) is 4.02. The molecule has 1 aliphatic rings. The first kappa shape index (κ1) is 13.2. The number of H-pyrrole nitrogens is 1. The van der Waals surface area contributed by atoms with Gasteiger partial charge < -0.3 is 15.0 Å². The zero-order chi connectivity index (χ0) is 13.8. The monoisotopic (exact) mass is 271 g/mol. The van der Waals surface area contributed by atoms with Crippen molar-refractivity contribution in [2.24, 2.45) is 0 Å². The summed E-state index contributed by atoms with van der Waals surface area (Å²) in [5.41, 5.74) is 3.61. The molecule has 2 aromatic rings. The second-order valence-electron chi connectivity index (χ2n) is 5.17. The maximum Gasteiger partial charge on any atom is 0.119 e. The smallest absolute Gasteiger partial charge is 0.119 e. The maximum atomic E-state index is 5.70. The van der Waals surface area contributed by atoms with Crippen molar-refractivity contribution >= 4 is 0 Å². The van der Waals surface area contributed by atoms with Gasteiger partial charge in [-0.3, -0.25) is 0 Å². The van der Waals surface area contributed by atoms with E-state index in [9.17, 15) is 0 Å². The minimum absolute atomic E-state index is 0.190. The third kappa shape index (κ3) is 2.70. The van der Waals surface area contributed by atoms with Gasteiger partial charge in [-0.1, -0.05) is 25.5 Å². The fourth-order valence-corrected chi connectivity index (χ4v) is 2.59. The van der Waals surface area contributed by atoms with E-state index < -0.39 is 0 Å². The van der Waals surface area contributed by atoms with E-state index in [0.29, 0.717) is 0 Å². The number of benzene rings is 1. The van der Waals surface area contributed by atoms with Crippen molar-refractivity contribution < 1.29 is 4.74 Å². The van der Waals surface area contributed by atoms with Crippen molar-refractivity contribution in [3.05, 3.63) is 47.5 Å². The Morgan fingerprint density at radius 1 is 1.30 bits per heavy atom. The third-order valence-corrected chi connectivity index (χ3v) is 3.73. The highest BCUT2D eigenvalue weighted by molar-refractivity contribution is 5.35. The van der Waals surface area contributed by atoms with Crippen molar-refractivity contribution in [2.75, 3.05) is 13.2 Å². The Balaban J connectivity index is 1.73. The second kappa shape index (κ2) is 6.09. The van der Waals surface area contributed by atoms with Crippen LogP contribution in [0.2, 0.25) is 0 Å². The molecule has 1 aromatic carbocycles. The van der Waals surface area contributed by atoms with Gasteiger partial charge in [-0.15, -0.1) is 0 Å². The van der Waals surface area contributed by atoms with E-state index in [2.05, 4.69) is 34.3 Å². The molecule has 0 radical (unpaired) electrons. The standard InChI is InChI=1S/C16H21N3O/c1-2-3-10-20-13-6-4-12(5-7-13)15-16-14(8-9-17-15)18-11-19-16/h4-7,11,15,17H,2-3,8-10H2,1H3,(H,18,19)/t15-/m0/s1. The van der Waals surface area contributed by atoms with Crippen LogP contribution in [0.25, 0.3) is 0 Å². The molecule has 1 atom stereocenters. The van der Waals surface area contributed by atoms with Gasteiger partial charge in [0, 0.05) is 18.7 Å². The van der Waals surface area contributed by atoms with Crippen LogP contribution < -0.4 is 10.1 Å². The van der Waals surface area contributed by atoms with Crippen molar-refractivity contribution in [2.45, 2.75) is 32.2 Å². The summed E-state index contributed by atoms with van der Waals surface area (Å²) < 4.78 is 5.70. The molecule has 4 heteroatoms. The first-order valence-corrected chi connectivity index (χ1v) is 7.36. The number of imidazole rings is 1. The molecule has 1 aliphatic heterocycles. The molecule has 0 bridgehead atoms. The Morgan fingerprint density at radius 2 is 2.15 bits per heavy atom. The van der Waals surface area contributed by atoms with E-state index in [4.69, 9.17) is 4.74 Å². The quantitative estimate of drug-likeness (QED) is 0.822. The van der Waals surface area contributed by atoms with Gasteiger partial charge >= 0.3 is 0 Å². The van der Waals surface area contributed by atoms with Gasteiger partial charge in [0.2, 0.25) is 0 Å². The molecule has 1 aromatic heterocycles. The molecule has 2 N–H and O–H groups in total. The van der Waals surface area contributed by atoms with Crippen LogP contribution in [-0.2, 0) is 6.42 Å². The van der Waals surface area contributed by atoms with Crippen LogP contribution in [0.5, 0.6) is 5.75 Å². The number of nitrogens with one attached hydrogen (secondary N) is 2. The number of hydrogen-bond acceptors (Lipinski definition) is 3. The third-order valence-electron chi connectivity index (χ3n) is 3.73. The Morgan fingerprint density at radius 3 is 2.95 bits per heavy atom. The number of aromatic nitrogens is 2. The lowest BCUT2D eigenvalue weighted by Gasteiger charge is -2.23. The van der Waals surface area contributed by atoms with E-state index in [1.54, 1.807) is 6.33 Å². The van der Waals surface area contributed by atoms with Crippen LogP contribution in [0, 0.1) is 0 Å². The van der Waals surface area contributed by atoms with Crippen molar-refractivity contribution in [1.29, 1.82) is 0 Å². The van der Waals surface area contributed by atoms with E-state index >= 15 is 0 Å². The average Bonchev–Trinajstić information content (AvgIpc) is 2.97. The van der Waals surface area contributed by atoms with Gasteiger partial charge in [0.25, 0.3) is 0 Å². The topological polar surface area (TPSA) is 49.9 Å². The lowest BCUT2D eigenvalue weighted by Crippen LogP contribution is -2.30. The molecular weight excluding hydrogens is 250 g/mol. The fraction of sp³-hybridized carbons (Fsp3) is 0.438. The SMILES string of the molecule is CCCCOc1ccc([C@@H]2NCCc3[nH]cnc32)cc1. The first-order valence-electron chi connectivity index (χ1n) is 7.36. The zero-order valence-electron chi connectivity index (χ0n) is 11.9. The molecule has 0 saturated carbocycles. The predicted molar refractivity (Wildman–Crippen MR) is 79.0 cm³/mol. The predicted octanol–water partition coefficient (Wildman–Crippen LogP) is 2.82. The van der Waals surface area contributed by atoms with E-state index in [-0.39, 0.29) is 6.04 Å². The lowest BCUT2D eigenvalue weighted by atomic mass is 9.98. The molecular formula is C16H21N3O. The van der Waals surface area contributed by atoms with Gasteiger partial charge in [0.05, 0.1) is 24.7 Å².